The molecule has 9 nitrogen and oxygen atoms in total. The first-order chi connectivity index (χ1) is 8.50. The minimum atomic E-state index is -0.370. The maximum Gasteiger partial charge on any atom is 0.272 e. The second kappa shape index (κ2) is 4.43. The van der Waals surface area contributed by atoms with Crippen molar-refractivity contribution in [1.82, 2.24) is 35.7 Å². The Kier molecular flexibility index (Phi) is 2.96. The normalized spacial score (nSPS) is 12.4. The minimum Gasteiger partial charge on any atom is -0.395 e. The number of aromatic nitrogens is 6. The number of aryl methyl sites for hydroxylation is 2. The first kappa shape index (κ1) is 12.0. The third-order valence-corrected chi connectivity index (χ3v) is 2.58. The molecule has 0 bridgehead atoms. The number of aromatic amines is 1. The number of hydrogen-bond acceptors (Lipinski definition) is 6. The predicted octanol–water partition coefficient (Wildman–Crippen LogP) is -0.685. The first-order valence-corrected chi connectivity index (χ1v) is 5.34. The van der Waals surface area contributed by atoms with Gasteiger partial charge in [-0.25, -0.2) is 0 Å². The molecule has 0 radical (unpaired) electrons. The topological polar surface area (TPSA) is 127 Å². The summed E-state index contributed by atoms with van der Waals surface area (Å²) in [5, 5.41) is 20.2. The van der Waals surface area contributed by atoms with Gasteiger partial charge in [-0.15, -0.1) is 10.2 Å². The Morgan fingerprint density at radius 1 is 1.56 bits per heavy atom. The van der Waals surface area contributed by atoms with Crippen LogP contribution >= 0.6 is 0 Å². The molecule has 18 heavy (non-hydrogen) atoms. The summed E-state index contributed by atoms with van der Waals surface area (Å²) in [5.41, 5.74) is 7.12. The number of nitrogen functional groups attached to an aromatic ring is 1. The van der Waals surface area contributed by atoms with Gasteiger partial charge in [-0.2, -0.15) is 10.3 Å². The number of H-pyrrole nitrogens is 1. The molecule has 2 rings (SSSR count). The Bertz CT molecular complexity index is 557. The number of hydrogen-bond donors (Lipinski definition) is 3. The average molecular weight is 250 g/mol. The fourth-order valence-electron chi connectivity index (χ4n) is 1.63. The standard InChI is InChI=1S/C9H14N8O/c1-4-6(10)7(17(3)14-4)9(18)11-5(2)8-12-15-16-13-8/h5H,10H2,1-3H3,(H,11,18)(H,12,13,15,16). The van der Waals surface area contributed by atoms with Crippen LogP contribution in [0, 0.1) is 6.92 Å². The molecule has 0 fully saturated rings. The van der Waals surface area contributed by atoms with Gasteiger partial charge in [0.1, 0.15) is 5.69 Å². The van der Waals surface area contributed by atoms with Gasteiger partial charge in [0.15, 0.2) is 5.82 Å². The van der Waals surface area contributed by atoms with Crippen LogP contribution < -0.4 is 11.1 Å². The van der Waals surface area contributed by atoms with Gasteiger partial charge in [-0.3, -0.25) is 9.48 Å². The molecule has 0 aliphatic heterocycles. The molecule has 2 aromatic heterocycles. The molecule has 1 amide bonds. The number of tetrazole rings is 1. The minimum absolute atomic E-state index is 0.322. The molecule has 2 heterocycles. The summed E-state index contributed by atoms with van der Waals surface area (Å²) in [5.74, 6) is 0.0775. The second-order valence-electron chi connectivity index (χ2n) is 3.94. The smallest absolute Gasteiger partial charge is 0.272 e. The van der Waals surface area contributed by atoms with Crippen LogP contribution in [0.1, 0.15) is 35.0 Å². The molecule has 0 aliphatic rings. The van der Waals surface area contributed by atoms with Crippen molar-refractivity contribution in [2.24, 2.45) is 7.05 Å². The maximum absolute atomic E-state index is 12.1. The van der Waals surface area contributed by atoms with E-state index in [1.165, 1.54) is 4.68 Å². The fourth-order valence-corrected chi connectivity index (χ4v) is 1.63. The molecule has 9 heteroatoms. The number of rotatable bonds is 3. The van der Waals surface area contributed by atoms with Crippen molar-refractivity contribution in [3.05, 3.63) is 17.2 Å². The van der Waals surface area contributed by atoms with E-state index in [4.69, 9.17) is 5.73 Å². The Hall–Kier alpha value is -2.45. The van der Waals surface area contributed by atoms with Crippen LogP contribution in [0.3, 0.4) is 0 Å². The van der Waals surface area contributed by atoms with Gasteiger partial charge in [0.25, 0.3) is 5.91 Å². The largest absolute Gasteiger partial charge is 0.395 e. The lowest BCUT2D eigenvalue weighted by Crippen LogP contribution is -2.29. The van der Waals surface area contributed by atoms with E-state index in [0.29, 0.717) is 22.9 Å². The summed E-state index contributed by atoms with van der Waals surface area (Å²) < 4.78 is 1.45. The third kappa shape index (κ3) is 2.01. The third-order valence-electron chi connectivity index (χ3n) is 2.58. The van der Waals surface area contributed by atoms with Crippen molar-refractivity contribution in [3.8, 4) is 0 Å². The highest BCUT2D eigenvalue weighted by Crippen LogP contribution is 2.16. The molecule has 1 atom stereocenters. The van der Waals surface area contributed by atoms with Crippen molar-refractivity contribution in [2.75, 3.05) is 5.73 Å². The monoisotopic (exact) mass is 250 g/mol. The number of amides is 1. The summed E-state index contributed by atoms with van der Waals surface area (Å²) in [4.78, 5) is 12.1. The fraction of sp³-hybridized carbons (Fsp3) is 0.444. The molecule has 1 unspecified atom stereocenters. The molecule has 0 saturated heterocycles. The van der Waals surface area contributed by atoms with Gasteiger partial charge in [-0.05, 0) is 13.8 Å². The van der Waals surface area contributed by atoms with Crippen molar-refractivity contribution in [2.45, 2.75) is 19.9 Å². The van der Waals surface area contributed by atoms with Crippen molar-refractivity contribution in [1.29, 1.82) is 0 Å². The maximum atomic E-state index is 12.1. The molecule has 0 saturated carbocycles. The Morgan fingerprint density at radius 2 is 2.28 bits per heavy atom. The zero-order valence-electron chi connectivity index (χ0n) is 10.3. The van der Waals surface area contributed by atoms with Crippen molar-refractivity contribution < 1.29 is 4.79 Å². The summed E-state index contributed by atoms with van der Waals surface area (Å²) >= 11 is 0. The number of nitrogens with zero attached hydrogens (tertiary/aromatic N) is 5. The molecule has 0 aromatic carbocycles. The lowest BCUT2D eigenvalue weighted by Gasteiger charge is -2.10. The van der Waals surface area contributed by atoms with E-state index >= 15 is 0 Å². The predicted molar refractivity (Wildman–Crippen MR) is 62.4 cm³/mol. The number of nitrogens with two attached hydrogens (primary N) is 1. The van der Waals surface area contributed by atoms with Crippen molar-refractivity contribution >= 4 is 11.6 Å². The van der Waals surface area contributed by atoms with E-state index in [1.807, 2.05) is 0 Å². The van der Waals surface area contributed by atoms with Gasteiger partial charge < -0.3 is 11.1 Å². The van der Waals surface area contributed by atoms with Gasteiger partial charge in [0.2, 0.25) is 0 Å². The highest BCUT2D eigenvalue weighted by atomic mass is 16.2. The zero-order valence-corrected chi connectivity index (χ0v) is 10.3. The molecule has 4 N–H and O–H groups in total. The second-order valence-corrected chi connectivity index (χ2v) is 3.94. The molecular weight excluding hydrogens is 236 g/mol. The summed E-state index contributed by atoms with van der Waals surface area (Å²) in [6.07, 6.45) is 0. The quantitative estimate of drug-likeness (QED) is 0.662. The number of carbonyl (C=O) groups excluding carboxylic acids is 1. The lowest BCUT2D eigenvalue weighted by molar-refractivity contribution is 0.0929. The summed E-state index contributed by atoms with van der Waals surface area (Å²) in [6, 6.07) is -0.370. The molecule has 2 aromatic rings. The Labute approximate surface area is 103 Å². The molecule has 0 spiro atoms. The van der Waals surface area contributed by atoms with E-state index in [2.05, 4.69) is 31.0 Å². The van der Waals surface area contributed by atoms with E-state index in [9.17, 15) is 4.79 Å². The number of anilines is 1. The van der Waals surface area contributed by atoms with Crippen molar-refractivity contribution in [3.63, 3.8) is 0 Å². The number of nitrogens with one attached hydrogen (secondary N) is 2. The van der Waals surface area contributed by atoms with E-state index in [0.717, 1.165) is 0 Å². The lowest BCUT2D eigenvalue weighted by atomic mass is 10.2. The van der Waals surface area contributed by atoms with Crippen LogP contribution in [0.4, 0.5) is 5.69 Å². The van der Waals surface area contributed by atoms with Gasteiger partial charge in [-0.1, -0.05) is 5.21 Å². The average Bonchev–Trinajstić information content (AvgIpc) is 2.88. The van der Waals surface area contributed by atoms with Crippen LogP contribution in [0.5, 0.6) is 0 Å². The first-order valence-electron chi connectivity index (χ1n) is 5.34. The Balaban J connectivity index is 2.17. The van der Waals surface area contributed by atoms with Gasteiger partial charge in [0.05, 0.1) is 17.4 Å². The van der Waals surface area contributed by atoms with Gasteiger partial charge in [0, 0.05) is 7.05 Å². The van der Waals surface area contributed by atoms with E-state index < -0.39 is 0 Å². The van der Waals surface area contributed by atoms with Crippen LogP contribution in [0.2, 0.25) is 0 Å². The zero-order chi connectivity index (χ0) is 13.3. The highest BCUT2D eigenvalue weighted by Gasteiger charge is 2.21. The van der Waals surface area contributed by atoms with E-state index in [-0.39, 0.29) is 11.9 Å². The molecular formula is C9H14N8O. The highest BCUT2D eigenvalue weighted by molar-refractivity contribution is 5.98. The summed E-state index contributed by atoms with van der Waals surface area (Å²) in [7, 11) is 1.66. The van der Waals surface area contributed by atoms with Crippen LogP contribution in [-0.4, -0.2) is 36.3 Å². The van der Waals surface area contributed by atoms with E-state index in [1.54, 1.807) is 20.9 Å². The molecule has 96 valence electrons. The van der Waals surface area contributed by atoms with Crippen LogP contribution in [0.25, 0.3) is 0 Å². The SMILES string of the molecule is Cc1nn(C)c(C(=O)NC(C)c2nn[nH]n2)c1N. The van der Waals surface area contributed by atoms with Gasteiger partial charge >= 0.3 is 0 Å². The number of carbonyl (C=O) groups is 1. The van der Waals surface area contributed by atoms with Crippen LogP contribution in [-0.2, 0) is 7.05 Å². The summed E-state index contributed by atoms with van der Waals surface area (Å²) in [6.45, 7) is 3.50. The Morgan fingerprint density at radius 3 is 2.78 bits per heavy atom. The molecule has 0 aliphatic carbocycles. The van der Waals surface area contributed by atoms with Crippen LogP contribution in [0.15, 0.2) is 0 Å².